The Bertz CT molecular complexity index is 807. The van der Waals surface area contributed by atoms with E-state index in [0.717, 1.165) is 18.5 Å². The number of hydrogen-bond donors (Lipinski definition) is 1. The summed E-state index contributed by atoms with van der Waals surface area (Å²) in [4.78, 5) is 26.0. The Morgan fingerprint density at radius 1 is 1.22 bits per heavy atom. The van der Waals surface area contributed by atoms with Gasteiger partial charge in [0.25, 0.3) is 5.91 Å². The average molecular weight is 366 g/mol. The summed E-state index contributed by atoms with van der Waals surface area (Å²) in [5.41, 5.74) is 0.596. The second kappa shape index (κ2) is 8.86. The lowest BCUT2D eigenvalue weighted by Crippen LogP contribution is -2.46. The number of esters is 1. The number of benzene rings is 1. The van der Waals surface area contributed by atoms with Crippen LogP contribution in [-0.2, 0) is 14.3 Å². The van der Waals surface area contributed by atoms with Gasteiger partial charge in [0.15, 0.2) is 6.61 Å². The van der Waals surface area contributed by atoms with Crippen LogP contribution in [0.15, 0.2) is 29.8 Å². The molecule has 0 unspecified atom stereocenters. The van der Waals surface area contributed by atoms with Gasteiger partial charge in [-0.3, -0.25) is 4.79 Å². The highest BCUT2D eigenvalue weighted by atomic mass is 16.5. The van der Waals surface area contributed by atoms with Crippen LogP contribution in [0.3, 0.4) is 0 Å². The van der Waals surface area contributed by atoms with Crippen molar-refractivity contribution in [3.63, 3.8) is 0 Å². The topological polar surface area (TPSA) is 106 Å². The molecular weight excluding hydrogens is 344 g/mol. The maximum Gasteiger partial charge on any atom is 0.349 e. The largest absolute Gasteiger partial charge is 0.451 e. The molecule has 1 aromatic carbocycles. The molecule has 7 nitrogen and oxygen atoms in total. The fourth-order valence-electron chi connectivity index (χ4n) is 2.93. The molecule has 0 aromatic heterocycles. The van der Waals surface area contributed by atoms with E-state index >= 15 is 0 Å². The lowest BCUT2D eigenvalue weighted by Gasteiger charge is -2.21. The zero-order valence-corrected chi connectivity index (χ0v) is 15.5. The molecule has 1 aliphatic carbocycles. The van der Waals surface area contributed by atoms with Crippen molar-refractivity contribution in [3.8, 4) is 12.1 Å². The van der Waals surface area contributed by atoms with Crippen LogP contribution in [0, 0.1) is 22.7 Å². The highest BCUT2D eigenvalue weighted by Gasteiger charge is 2.35. The van der Waals surface area contributed by atoms with E-state index in [0.29, 0.717) is 18.4 Å². The van der Waals surface area contributed by atoms with Crippen molar-refractivity contribution in [1.29, 1.82) is 10.5 Å². The van der Waals surface area contributed by atoms with E-state index in [1.165, 1.54) is 6.08 Å². The smallest absolute Gasteiger partial charge is 0.349 e. The molecule has 0 bridgehead atoms. The monoisotopic (exact) mass is 366 g/mol. The first-order chi connectivity index (χ1) is 12.9. The molecule has 140 valence electrons. The summed E-state index contributed by atoms with van der Waals surface area (Å²) in [6.45, 7) is -0.527. The van der Waals surface area contributed by atoms with Gasteiger partial charge in [-0.05, 0) is 49.5 Å². The highest BCUT2D eigenvalue weighted by molar-refractivity contribution is 5.98. The van der Waals surface area contributed by atoms with Crippen molar-refractivity contribution in [3.05, 3.63) is 35.4 Å². The maximum absolute atomic E-state index is 12.1. The first kappa shape index (κ1) is 20.0. The minimum Gasteiger partial charge on any atom is -0.451 e. The van der Waals surface area contributed by atoms with Gasteiger partial charge in [-0.25, -0.2) is 4.79 Å². The van der Waals surface area contributed by atoms with Gasteiger partial charge in [-0.2, -0.15) is 10.5 Å². The first-order valence-electron chi connectivity index (χ1n) is 8.68. The molecule has 1 aromatic rings. The van der Waals surface area contributed by atoms with Crippen LogP contribution in [0.4, 0.5) is 5.69 Å². The van der Waals surface area contributed by atoms with E-state index in [1.807, 2.05) is 31.1 Å². The molecule has 1 fully saturated rings. The van der Waals surface area contributed by atoms with Crippen LogP contribution >= 0.6 is 0 Å². The number of nitrogens with zero attached hydrogens (tertiary/aromatic N) is 3. The Balaban J connectivity index is 1.95. The van der Waals surface area contributed by atoms with Crippen molar-refractivity contribution in [2.45, 2.75) is 31.2 Å². The molecule has 2 rings (SSSR count). The zero-order valence-electron chi connectivity index (χ0n) is 15.5. The minimum atomic E-state index is -0.873. The number of carbonyl (C=O) groups is 2. The SMILES string of the molecule is CN(C)c1ccc(/C=C(\C#N)C(=O)OCC(=O)NC2(C#N)CCCC2)cc1. The van der Waals surface area contributed by atoms with E-state index in [4.69, 9.17) is 4.74 Å². The van der Waals surface area contributed by atoms with Crippen molar-refractivity contribution in [2.75, 3.05) is 25.6 Å². The molecule has 0 saturated heterocycles. The molecule has 0 spiro atoms. The molecule has 0 aliphatic heterocycles. The van der Waals surface area contributed by atoms with Gasteiger partial charge >= 0.3 is 5.97 Å². The number of carbonyl (C=O) groups excluding carboxylic acids is 2. The number of rotatable bonds is 6. The van der Waals surface area contributed by atoms with Gasteiger partial charge in [-0.15, -0.1) is 0 Å². The van der Waals surface area contributed by atoms with Crippen LogP contribution < -0.4 is 10.2 Å². The van der Waals surface area contributed by atoms with Gasteiger partial charge in [0.2, 0.25) is 0 Å². The number of ether oxygens (including phenoxy) is 1. The zero-order chi connectivity index (χ0) is 19.9. The fraction of sp³-hybridized carbons (Fsp3) is 0.400. The van der Waals surface area contributed by atoms with Crippen LogP contribution in [0.1, 0.15) is 31.2 Å². The lowest BCUT2D eigenvalue weighted by molar-refractivity contribution is -0.144. The second-order valence-corrected chi connectivity index (χ2v) is 6.68. The number of anilines is 1. The predicted octanol–water partition coefficient (Wildman–Crippen LogP) is 2.16. The first-order valence-corrected chi connectivity index (χ1v) is 8.68. The molecule has 1 saturated carbocycles. The summed E-state index contributed by atoms with van der Waals surface area (Å²) in [5, 5.41) is 21.1. The standard InChI is InChI=1S/C20H22N4O3/c1-24(2)17-7-5-15(6-8-17)11-16(12-21)19(26)27-13-18(25)23-20(14-22)9-3-4-10-20/h5-8,11H,3-4,9-10,13H2,1-2H3,(H,23,25)/b16-11+. The molecule has 1 aliphatic rings. The summed E-state index contributed by atoms with van der Waals surface area (Å²) >= 11 is 0. The van der Waals surface area contributed by atoms with E-state index in [-0.39, 0.29) is 5.57 Å². The summed E-state index contributed by atoms with van der Waals surface area (Å²) in [6, 6.07) is 11.2. The number of hydrogen-bond acceptors (Lipinski definition) is 6. The summed E-state index contributed by atoms with van der Waals surface area (Å²) < 4.78 is 4.93. The molecule has 7 heteroatoms. The predicted molar refractivity (Wildman–Crippen MR) is 100 cm³/mol. The maximum atomic E-state index is 12.1. The lowest BCUT2D eigenvalue weighted by atomic mass is 10.00. The van der Waals surface area contributed by atoms with Crippen LogP contribution in [0.25, 0.3) is 6.08 Å². The number of nitriles is 2. The Morgan fingerprint density at radius 2 is 1.85 bits per heavy atom. The molecule has 0 heterocycles. The second-order valence-electron chi connectivity index (χ2n) is 6.68. The third-order valence-electron chi connectivity index (χ3n) is 4.45. The molecule has 0 atom stereocenters. The van der Waals surface area contributed by atoms with Gasteiger partial charge < -0.3 is 15.0 Å². The van der Waals surface area contributed by atoms with E-state index in [9.17, 15) is 20.1 Å². The van der Waals surface area contributed by atoms with Crippen molar-refractivity contribution in [2.24, 2.45) is 0 Å². The Morgan fingerprint density at radius 3 is 2.37 bits per heavy atom. The van der Waals surface area contributed by atoms with Crippen LogP contribution in [0.5, 0.6) is 0 Å². The van der Waals surface area contributed by atoms with E-state index in [1.54, 1.807) is 18.2 Å². The molecular formula is C20H22N4O3. The summed E-state index contributed by atoms with van der Waals surface area (Å²) in [5.74, 6) is -1.42. The van der Waals surface area contributed by atoms with Gasteiger partial charge in [0.05, 0.1) is 6.07 Å². The van der Waals surface area contributed by atoms with Gasteiger partial charge in [0.1, 0.15) is 17.2 Å². The van der Waals surface area contributed by atoms with Crippen LogP contribution in [-0.4, -0.2) is 38.1 Å². The number of amides is 1. The molecule has 0 radical (unpaired) electrons. The Hall–Kier alpha value is -3.32. The van der Waals surface area contributed by atoms with Crippen molar-refractivity contribution >= 4 is 23.6 Å². The van der Waals surface area contributed by atoms with Crippen LogP contribution in [0.2, 0.25) is 0 Å². The average Bonchev–Trinajstić information content (AvgIpc) is 3.13. The fourth-order valence-corrected chi connectivity index (χ4v) is 2.93. The number of nitrogens with one attached hydrogen (secondary N) is 1. The molecule has 27 heavy (non-hydrogen) atoms. The summed E-state index contributed by atoms with van der Waals surface area (Å²) in [6.07, 6.45) is 4.35. The van der Waals surface area contributed by atoms with Crippen molar-refractivity contribution < 1.29 is 14.3 Å². The van der Waals surface area contributed by atoms with E-state index in [2.05, 4.69) is 11.4 Å². The van der Waals surface area contributed by atoms with Gasteiger partial charge in [0, 0.05) is 19.8 Å². The molecule has 1 amide bonds. The quantitative estimate of drug-likeness (QED) is 0.470. The third-order valence-corrected chi connectivity index (χ3v) is 4.45. The summed E-state index contributed by atoms with van der Waals surface area (Å²) in [7, 11) is 3.83. The Labute approximate surface area is 158 Å². The highest BCUT2D eigenvalue weighted by Crippen LogP contribution is 2.28. The Kier molecular flexibility index (Phi) is 6.56. The third kappa shape index (κ3) is 5.32. The van der Waals surface area contributed by atoms with Crippen molar-refractivity contribution in [1.82, 2.24) is 5.32 Å². The van der Waals surface area contributed by atoms with E-state index < -0.39 is 24.0 Å². The molecule has 1 N–H and O–H groups in total. The minimum absolute atomic E-state index is 0.198. The normalized spacial score (nSPS) is 15.3. The van der Waals surface area contributed by atoms with Gasteiger partial charge in [-0.1, -0.05) is 12.1 Å².